The Morgan fingerprint density at radius 2 is 1.43 bits per heavy atom. The highest BCUT2D eigenvalue weighted by molar-refractivity contribution is 7.61. The van der Waals surface area contributed by atoms with Crippen LogP contribution in [0, 0.1) is 11.8 Å². The van der Waals surface area contributed by atoms with E-state index in [4.69, 9.17) is 29.0 Å². The molecule has 3 rings (SSSR count). The van der Waals surface area contributed by atoms with E-state index in [1.54, 1.807) is 0 Å². The van der Waals surface area contributed by atoms with Gasteiger partial charge in [0.2, 0.25) is 0 Å². The number of esters is 2. The SMILES string of the molecule is CCCCC/C=C\C/C=C\C/C=C\CCCCCCC(=O)O[C@@H]1COC(=O)CCCCC(=O)C[C@@H]2[C@H](n3ccc(N)nc3=O)O[C@H](COP(=O)(O)OP(=O)(O)OC1)[C@@H](O)[C@@H](O)[C@@H](/C=C/[C@@H](O)CCCCC)[C@H](O)C[C@@H]2O. The van der Waals surface area contributed by atoms with Gasteiger partial charge in [-0.25, -0.2) is 13.9 Å². The molecular formula is C52H85N3O19P2. The number of rotatable bonds is 23. The number of aliphatic hydroxyl groups is 5. The number of unbranched alkanes of at least 4 members (excludes halogenated alkanes) is 9. The topological polar surface area (TPSA) is 343 Å². The van der Waals surface area contributed by atoms with Crippen molar-refractivity contribution in [3.8, 4) is 0 Å². The number of nitrogen functional groups attached to an aromatic ring is 1. The number of phosphoric acid groups is 2. The molecule has 24 heteroatoms. The summed E-state index contributed by atoms with van der Waals surface area (Å²) < 4.78 is 58.8. The van der Waals surface area contributed by atoms with Gasteiger partial charge in [-0.2, -0.15) is 9.29 Å². The van der Waals surface area contributed by atoms with Crippen LogP contribution in [0.2, 0.25) is 0 Å². The Balaban J connectivity index is 1.80. The number of carbonyl (C=O) groups is 3. The summed E-state index contributed by atoms with van der Waals surface area (Å²) in [5, 5.41) is 57.5. The number of fused-ring (bicyclic) bond motifs is 3. The number of ketones is 1. The number of anilines is 1. The number of hydrogen-bond acceptors (Lipinski definition) is 19. The maximum Gasteiger partial charge on any atom is 0.481 e. The number of hydrogen-bond donors (Lipinski definition) is 8. The van der Waals surface area contributed by atoms with E-state index in [1.165, 1.54) is 37.5 Å². The smallest absolute Gasteiger partial charge is 0.462 e. The molecule has 2 bridgehead atoms. The second-order valence-electron chi connectivity index (χ2n) is 19.3. The molecule has 22 nitrogen and oxygen atoms in total. The van der Waals surface area contributed by atoms with Crippen molar-refractivity contribution in [1.82, 2.24) is 9.55 Å². The van der Waals surface area contributed by atoms with E-state index in [1.807, 2.05) is 6.92 Å². The largest absolute Gasteiger partial charge is 0.481 e. The third kappa shape index (κ3) is 26.8. The van der Waals surface area contributed by atoms with Crippen LogP contribution in [0.25, 0.3) is 0 Å². The first-order valence-corrected chi connectivity index (χ1v) is 29.8. The third-order valence-corrected chi connectivity index (χ3v) is 15.4. The van der Waals surface area contributed by atoms with Gasteiger partial charge in [-0.1, -0.05) is 107 Å². The van der Waals surface area contributed by atoms with Crippen molar-refractivity contribution in [2.45, 2.75) is 204 Å². The standard InChI is InChI=1S/C52H85N3O19P2/c1-3-5-7-8-9-10-11-12-13-14-15-16-17-18-19-20-22-28-48(61)72-40-35-69-47(60)27-24-23-26-39(57)33-42-44(59)34-43(58)41(30-29-38(56)25-21-6-4-2)49(62)50(63)45(37-71-76(67,68)74-75(65,66)70-36-40)73-51(42)55-32-31-46(53)54-52(55)64/h9-10,12-13,15-16,29-32,38,40-45,49-51,56,58-59,62-63H,3-8,11,14,17-28,33-37H2,1-2H3,(H,65,66)(H,67,68)(H2,53,54,64)/b10-9-,13-12-,16-15-,30-29+/t38-,40+,41-,42-,43+,44-,45+,49-,50+,51+/m0/s1. The van der Waals surface area contributed by atoms with E-state index < -0.39 is 133 Å². The van der Waals surface area contributed by atoms with Gasteiger partial charge in [0, 0.05) is 50.1 Å². The molecule has 2 fully saturated rings. The van der Waals surface area contributed by atoms with Crippen LogP contribution in [-0.2, 0) is 51.1 Å². The third-order valence-electron chi connectivity index (χ3n) is 12.8. The van der Waals surface area contributed by atoms with Crippen molar-refractivity contribution in [2.24, 2.45) is 11.8 Å². The van der Waals surface area contributed by atoms with Gasteiger partial charge in [0.25, 0.3) is 0 Å². The number of aliphatic hydroxyl groups excluding tert-OH is 5. The van der Waals surface area contributed by atoms with Crippen LogP contribution < -0.4 is 11.4 Å². The number of carbonyl (C=O) groups excluding carboxylic acids is 3. The first kappa shape index (κ1) is 66.5. The molecule has 3 heterocycles. The predicted octanol–water partition coefficient (Wildman–Crippen LogP) is 6.89. The van der Waals surface area contributed by atoms with E-state index >= 15 is 0 Å². The lowest BCUT2D eigenvalue weighted by atomic mass is 9.82. The van der Waals surface area contributed by atoms with E-state index in [9.17, 15) is 63.6 Å². The summed E-state index contributed by atoms with van der Waals surface area (Å²) in [5.41, 5.74) is 4.67. The minimum Gasteiger partial charge on any atom is -0.462 e. The summed E-state index contributed by atoms with van der Waals surface area (Å²) >= 11 is 0. The van der Waals surface area contributed by atoms with Crippen LogP contribution in [0.15, 0.2) is 65.7 Å². The summed E-state index contributed by atoms with van der Waals surface area (Å²) in [6, 6.07) is 1.18. The Bertz CT molecular complexity index is 2150. The average Bonchev–Trinajstić information content (AvgIpc) is 3.35. The van der Waals surface area contributed by atoms with E-state index in [0.717, 1.165) is 62.1 Å². The number of nitrogens with two attached hydrogens (primary N) is 1. The molecule has 0 aromatic carbocycles. The minimum absolute atomic E-state index is 0.0534. The Labute approximate surface area is 446 Å². The van der Waals surface area contributed by atoms with Gasteiger partial charge in [-0.3, -0.25) is 28.0 Å². The van der Waals surface area contributed by atoms with Crippen molar-refractivity contribution < 1.29 is 86.4 Å². The van der Waals surface area contributed by atoms with Crippen molar-refractivity contribution in [3.63, 3.8) is 0 Å². The van der Waals surface area contributed by atoms with Crippen LogP contribution in [-0.4, -0.2) is 125 Å². The van der Waals surface area contributed by atoms with Gasteiger partial charge in [0.15, 0.2) is 6.10 Å². The molecule has 1 aromatic rings. The van der Waals surface area contributed by atoms with E-state index in [-0.39, 0.29) is 37.9 Å². The van der Waals surface area contributed by atoms with Crippen LogP contribution >= 0.6 is 15.6 Å². The lowest BCUT2D eigenvalue weighted by Gasteiger charge is -2.40. The maximum atomic E-state index is 13.7. The predicted molar refractivity (Wildman–Crippen MR) is 282 cm³/mol. The fourth-order valence-electron chi connectivity index (χ4n) is 8.54. The lowest BCUT2D eigenvalue weighted by molar-refractivity contribution is -0.196. The molecule has 2 saturated heterocycles. The van der Waals surface area contributed by atoms with Gasteiger partial charge < -0.3 is 55.3 Å². The normalized spacial score (nSPS) is 29.9. The lowest BCUT2D eigenvalue weighted by Crippen LogP contribution is -2.52. The molecule has 12 atom stereocenters. The Morgan fingerprint density at radius 3 is 2.11 bits per heavy atom. The molecule has 0 aliphatic carbocycles. The monoisotopic (exact) mass is 1120 g/mol. The van der Waals surface area contributed by atoms with E-state index in [0.29, 0.717) is 25.7 Å². The first-order chi connectivity index (χ1) is 36.3. The molecule has 0 spiro atoms. The fourth-order valence-corrected chi connectivity index (χ4v) is 10.7. The number of phosphoric ester groups is 2. The van der Waals surface area contributed by atoms with Crippen LogP contribution in [0.4, 0.5) is 5.82 Å². The first-order valence-electron chi connectivity index (χ1n) is 26.8. The van der Waals surface area contributed by atoms with Gasteiger partial charge in [0.05, 0.1) is 37.6 Å². The van der Waals surface area contributed by atoms with Crippen LogP contribution in [0.3, 0.4) is 0 Å². The number of cyclic esters (lactones) is 1. The maximum absolute atomic E-state index is 13.7. The van der Waals surface area contributed by atoms with Crippen LogP contribution in [0.1, 0.15) is 161 Å². The molecule has 9 N–H and O–H groups in total. The molecular weight excluding hydrogens is 1030 g/mol. The average molecular weight is 1120 g/mol. The summed E-state index contributed by atoms with van der Waals surface area (Å²) in [6.45, 7) is 1.25. The summed E-state index contributed by atoms with van der Waals surface area (Å²) in [4.78, 5) is 78.0. The van der Waals surface area contributed by atoms with Crippen molar-refractivity contribution in [1.29, 1.82) is 0 Å². The van der Waals surface area contributed by atoms with Crippen LogP contribution in [0.5, 0.6) is 0 Å². The Morgan fingerprint density at radius 1 is 0.816 bits per heavy atom. The highest BCUT2D eigenvalue weighted by atomic mass is 31.3. The number of ether oxygens (including phenoxy) is 3. The summed E-state index contributed by atoms with van der Waals surface area (Å²) in [7, 11) is -11.4. The fraction of sp³-hybridized carbons (Fsp3) is 0.712. The van der Waals surface area contributed by atoms with Gasteiger partial charge >= 0.3 is 33.3 Å². The van der Waals surface area contributed by atoms with Crippen molar-refractivity contribution >= 4 is 39.2 Å². The second kappa shape index (κ2) is 36.4. The Kier molecular flexibility index (Phi) is 31.9. The summed E-state index contributed by atoms with van der Waals surface area (Å²) in [5.74, 6) is -5.23. The zero-order valence-electron chi connectivity index (χ0n) is 44.1. The van der Waals surface area contributed by atoms with Gasteiger partial charge in [-0.15, -0.1) is 0 Å². The molecule has 76 heavy (non-hydrogen) atoms. The molecule has 0 saturated carbocycles. The number of nitrogens with zero attached hydrogens (tertiary/aromatic N) is 2. The quantitative estimate of drug-likeness (QED) is 0.0239. The van der Waals surface area contributed by atoms with Crippen molar-refractivity contribution in [2.75, 3.05) is 25.6 Å². The molecule has 432 valence electrons. The highest BCUT2D eigenvalue weighted by Gasteiger charge is 2.45. The molecule has 0 radical (unpaired) electrons. The Hall–Kier alpha value is -3.73. The molecule has 0 amide bonds. The zero-order chi connectivity index (χ0) is 55.9. The second-order valence-corrected chi connectivity index (χ2v) is 22.4. The zero-order valence-corrected chi connectivity index (χ0v) is 45.9. The van der Waals surface area contributed by atoms with Gasteiger partial charge in [-0.05, 0) is 70.3 Å². The number of allylic oxidation sites excluding steroid dienone is 6. The number of Topliss-reactive ketones (excluding diaryl/α,β-unsaturated/α-hetero) is 1. The van der Waals surface area contributed by atoms with Gasteiger partial charge in [0.1, 0.15) is 36.6 Å². The molecule has 2 aliphatic rings. The molecule has 1 aromatic heterocycles. The highest BCUT2D eigenvalue weighted by Crippen LogP contribution is 2.60. The molecule has 2 unspecified atom stereocenters. The minimum atomic E-state index is -5.77. The molecule has 2 aliphatic heterocycles. The van der Waals surface area contributed by atoms with Crippen molar-refractivity contribution in [3.05, 3.63) is 71.4 Å². The summed E-state index contributed by atoms with van der Waals surface area (Å²) in [6.07, 6.45) is 14.0. The number of aromatic nitrogens is 2. The van der Waals surface area contributed by atoms with E-state index in [2.05, 4.69) is 52.7 Å².